The monoisotopic (exact) mass is 424 g/mol. The first-order valence-electron chi connectivity index (χ1n) is 9.61. The Hall–Kier alpha value is -1.62. The fourth-order valence-corrected chi connectivity index (χ4v) is 3.80. The Bertz CT molecular complexity index is 744. The molecule has 28 heavy (non-hydrogen) atoms. The number of amides is 1. The van der Waals surface area contributed by atoms with E-state index in [1.807, 2.05) is 48.2 Å². The Labute approximate surface area is 177 Å². The predicted octanol–water partition coefficient (Wildman–Crippen LogP) is 5.35. The van der Waals surface area contributed by atoms with Gasteiger partial charge in [0.15, 0.2) is 0 Å². The molecule has 0 radical (unpaired) electrons. The Morgan fingerprint density at radius 1 is 1.11 bits per heavy atom. The molecule has 0 atom stereocenters. The quantitative estimate of drug-likeness (QED) is 0.623. The molecular formula is C22H27Cl2FN2O. The third-order valence-corrected chi connectivity index (χ3v) is 5.48. The van der Waals surface area contributed by atoms with Crippen LogP contribution in [-0.2, 0) is 11.2 Å². The van der Waals surface area contributed by atoms with E-state index < -0.39 is 0 Å². The van der Waals surface area contributed by atoms with E-state index in [9.17, 15) is 9.18 Å². The minimum atomic E-state index is -0.192. The molecule has 2 aromatic rings. The van der Waals surface area contributed by atoms with Gasteiger partial charge in [0.1, 0.15) is 5.82 Å². The molecule has 0 unspecified atom stereocenters. The van der Waals surface area contributed by atoms with Gasteiger partial charge in [0.2, 0.25) is 5.91 Å². The summed E-state index contributed by atoms with van der Waals surface area (Å²) in [6.45, 7) is 4.80. The van der Waals surface area contributed by atoms with Gasteiger partial charge in [0.05, 0.1) is 0 Å². The summed E-state index contributed by atoms with van der Waals surface area (Å²) in [4.78, 5) is 16.9. The number of carbonyl (C=O) groups is 1. The zero-order valence-corrected chi connectivity index (χ0v) is 17.7. The molecule has 1 aliphatic rings. The van der Waals surface area contributed by atoms with Crippen molar-refractivity contribution in [3.8, 4) is 0 Å². The molecule has 0 saturated carbocycles. The lowest BCUT2D eigenvalue weighted by Crippen LogP contribution is -2.47. The van der Waals surface area contributed by atoms with Gasteiger partial charge in [-0.05, 0) is 61.2 Å². The van der Waals surface area contributed by atoms with Crippen molar-refractivity contribution in [1.29, 1.82) is 0 Å². The summed E-state index contributed by atoms with van der Waals surface area (Å²) >= 11 is 6.00. The zero-order valence-electron chi connectivity index (χ0n) is 16.1. The van der Waals surface area contributed by atoms with Gasteiger partial charge in [0, 0.05) is 42.8 Å². The third-order valence-electron chi connectivity index (χ3n) is 5.23. The minimum Gasteiger partial charge on any atom is -0.309 e. The number of rotatable bonds is 6. The normalized spacial score (nSPS) is 15.1. The van der Waals surface area contributed by atoms with Crippen LogP contribution in [0.5, 0.6) is 0 Å². The summed E-state index contributed by atoms with van der Waals surface area (Å²) in [5, 5.41) is 0.679. The first kappa shape index (κ1) is 22.7. The number of anilines is 1. The number of hydrogen-bond acceptors (Lipinski definition) is 2. The van der Waals surface area contributed by atoms with Gasteiger partial charge < -0.3 is 9.80 Å². The number of nitrogens with zero attached hydrogens (tertiary/aromatic N) is 2. The van der Waals surface area contributed by atoms with Gasteiger partial charge in [-0.15, -0.1) is 12.4 Å². The molecule has 1 saturated heterocycles. The number of carbonyl (C=O) groups excluding carboxylic acids is 1. The van der Waals surface area contributed by atoms with Crippen molar-refractivity contribution in [1.82, 2.24) is 4.90 Å². The Kier molecular flexibility index (Phi) is 8.74. The van der Waals surface area contributed by atoms with Crippen LogP contribution in [0.25, 0.3) is 0 Å². The largest absolute Gasteiger partial charge is 0.309 e. The molecule has 1 amide bonds. The van der Waals surface area contributed by atoms with E-state index in [2.05, 4.69) is 4.90 Å². The maximum atomic E-state index is 13.0. The first-order chi connectivity index (χ1) is 13.1. The van der Waals surface area contributed by atoms with Crippen molar-refractivity contribution in [3.63, 3.8) is 0 Å². The van der Waals surface area contributed by atoms with E-state index in [0.717, 1.165) is 50.1 Å². The number of halogens is 3. The molecule has 2 aromatic carbocycles. The van der Waals surface area contributed by atoms with Crippen molar-refractivity contribution in [3.05, 3.63) is 64.9 Å². The lowest BCUT2D eigenvalue weighted by molar-refractivity contribution is -0.119. The van der Waals surface area contributed by atoms with Crippen LogP contribution in [0.3, 0.4) is 0 Å². The van der Waals surface area contributed by atoms with Gasteiger partial charge >= 0.3 is 0 Å². The highest BCUT2D eigenvalue weighted by molar-refractivity contribution is 6.30. The summed E-state index contributed by atoms with van der Waals surface area (Å²) in [7, 11) is 0. The molecule has 0 bridgehead atoms. The Morgan fingerprint density at radius 2 is 1.71 bits per heavy atom. The second kappa shape index (κ2) is 10.8. The standard InChI is InChI=1S/C22H26ClFN2O.ClH/c1-2-22(27)26(20-9-5-18(23)6-10-20)21-12-15-25(16-13-21)14-11-17-3-7-19(24)8-4-17;/h3-10,21H,2,11-16H2,1H3;1H. The Balaban J connectivity index is 0.00000280. The van der Waals surface area contributed by atoms with E-state index in [1.165, 1.54) is 12.1 Å². The van der Waals surface area contributed by atoms with E-state index in [4.69, 9.17) is 11.6 Å². The van der Waals surface area contributed by atoms with Crippen LogP contribution >= 0.6 is 24.0 Å². The van der Waals surface area contributed by atoms with Crippen LogP contribution in [0.4, 0.5) is 10.1 Å². The van der Waals surface area contributed by atoms with Gasteiger partial charge in [0.25, 0.3) is 0 Å². The van der Waals surface area contributed by atoms with Crippen molar-refractivity contribution in [2.24, 2.45) is 0 Å². The summed E-state index contributed by atoms with van der Waals surface area (Å²) in [5.74, 6) is -0.0375. The molecule has 0 aromatic heterocycles. The van der Waals surface area contributed by atoms with Crippen LogP contribution in [0.1, 0.15) is 31.7 Å². The van der Waals surface area contributed by atoms with Crippen LogP contribution in [0.15, 0.2) is 48.5 Å². The maximum absolute atomic E-state index is 13.0. The van der Waals surface area contributed by atoms with Crippen LogP contribution in [-0.4, -0.2) is 36.5 Å². The van der Waals surface area contributed by atoms with Crippen LogP contribution in [0.2, 0.25) is 5.02 Å². The summed E-state index contributed by atoms with van der Waals surface area (Å²) in [6, 6.07) is 14.5. The van der Waals surface area contributed by atoms with Crippen molar-refractivity contribution < 1.29 is 9.18 Å². The SMILES string of the molecule is CCC(=O)N(c1ccc(Cl)cc1)C1CCN(CCc2ccc(F)cc2)CC1.Cl. The predicted molar refractivity (Wildman–Crippen MR) is 116 cm³/mol. The molecule has 1 fully saturated rings. The summed E-state index contributed by atoms with van der Waals surface area (Å²) in [5.41, 5.74) is 2.08. The molecule has 6 heteroatoms. The third kappa shape index (κ3) is 5.94. The second-order valence-corrected chi connectivity index (χ2v) is 7.48. The first-order valence-corrected chi connectivity index (χ1v) is 9.99. The van der Waals surface area contributed by atoms with Crippen LogP contribution < -0.4 is 4.90 Å². The fourth-order valence-electron chi connectivity index (χ4n) is 3.67. The van der Waals surface area contributed by atoms with Crippen molar-refractivity contribution >= 4 is 35.6 Å². The van der Waals surface area contributed by atoms with Crippen molar-refractivity contribution in [2.45, 2.75) is 38.6 Å². The average Bonchev–Trinajstić information content (AvgIpc) is 2.70. The molecule has 3 rings (SSSR count). The Morgan fingerprint density at radius 3 is 2.29 bits per heavy atom. The molecule has 1 aliphatic heterocycles. The van der Waals surface area contributed by atoms with Gasteiger partial charge in [-0.2, -0.15) is 0 Å². The lowest BCUT2D eigenvalue weighted by Gasteiger charge is -2.38. The molecule has 152 valence electrons. The van der Waals surface area contributed by atoms with E-state index in [-0.39, 0.29) is 30.2 Å². The highest BCUT2D eigenvalue weighted by atomic mass is 35.5. The second-order valence-electron chi connectivity index (χ2n) is 7.04. The summed E-state index contributed by atoms with van der Waals surface area (Å²) in [6.07, 6.45) is 3.32. The van der Waals surface area contributed by atoms with E-state index in [1.54, 1.807) is 0 Å². The average molecular weight is 425 g/mol. The van der Waals surface area contributed by atoms with Gasteiger partial charge in [-0.25, -0.2) is 4.39 Å². The maximum Gasteiger partial charge on any atom is 0.226 e. The molecule has 0 spiro atoms. The number of piperidine rings is 1. The molecule has 3 nitrogen and oxygen atoms in total. The van der Waals surface area contributed by atoms with Crippen molar-refractivity contribution in [2.75, 3.05) is 24.5 Å². The summed E-state index contributed by atoms with van der Waals surface area (Å²) < 4.78 is 13.0. The number of benzene rings is 2. The highest BCUT2D eigenvalue weighted by Gasteiger charge is 2.28. The lowest BCUT2D eigenvalue weighted by atomic mass is 10.0. The van der Waals surface area contributed by atoms with E-state index in [0.29, 0.717) is 11.4 Å². The molecule has 0 N–H and O–H groups in total. The number of hydrogen-bond donors (Lipinski definition) is 0. The van der Waals surface area contributed by atoms with E-state index >= 15 is 0 Å². The van der Waals surface area contributed by atoms with Crippen LogP contribution in [0, 0.1) is 5.82 Å². The van der Waals surface area contributed by atoms with Gasteiger partial charge in [-0.1, -0.05) is 30.7 Å². The molecular weight excluding hydrogens is 398 g/mol. The highest BCUT2D eigenvalue weighted by Crippen LogP contribution is 2.26. The minimum absolute atomic E-state index is 0. The molecule has 0 aliphatic carbocycles. The smallest absolute Gasteiger partial charge is 0.226 e. The topological polar surface area (TPSA) is 23.6 Å². The molecule has 1 heterocycles. The fraction of sp³-hybridized carbons (Fsp3) is 0.409. The zero-order chi connectivity index (χ0) is 19.2. The van der Waals surface area contributed by atoms with Gasteiger partial charge in [-0.3, -0.25) is 4.79 Å². The number of likely N-dealkylation sites (tertiary alicyclic amines) is 1.